The molecule has 0 radical (unpaired) electrons. The van der Waals surface area contributed by atoms with E-state index in [0.717, 1.165) is 0 Å². The van der Waals surface area contributed by atoms with Gasteiger partial charge in [-0.2, -0.15) is 0 Å². The summed E-state index contributed by atoms with van der Waals surface area (Å²) >= 11 is 4.34. The van der Waals surface area contributed by atoms with Crippen LogP contribution in [0.25, 0.3) is 0 Å². The van der Waals surface area contributed by atoms with Gasteiger partial charge in [-0.25, -0.2) is 0 Å². The molecule has 2 heteroatoms. The Morgan fingerprint density at radius 2 is 0.700 bits per heavy atom. The normalized spacial score (nSPS) is 10.1. The van der Waals surface area contributed by atoms with Crippen LogP contribution in [0.2, 0.25) is 0 Å². The molecule has 0 heterocycles. The molecule has 0 spiro atoms. The predicted octanol–water partition coefficient (Wildman–Crippen LogP) is 2.81. The summed E-state index contributed by atoms with van der Waals surface area (Å²) < 4.78 is 2.84. The Kier molecular flexibility index (Phi) is 6.71. The van der Waals surface area contributed by atoms with Crippen molar-refractivity contribution in [1.82, 2.24) is 0 Å². The first-order valence-corrected chi connectivity index (χ1v) is 7.31. The number of hydrogen-bond acceptors (Lipinski definition) is 0. The first-order valence-electron chi connectivity index (χ1n) is 7.31. The molecule has 20 heavy (non-hydrogen) atoms. The van der Waals surface area contributed by atoms with Crippen LogP contribution in [-0.2, 0) is 0 Å². The monoisotopic (exact) mass is 252 g/mol. The first-order chi connectivity index (χ1) is 9.22. The first kappa shape index (κ1) is 17.7. The van der Waals surface area contributed by atoms with Crippen LogP contribution in [0.5, 0.6) is 0 Å². The fourth-order valence-corrected chi connectivity index (χ4v) is 2.50. The van der Waals surface area contributed by atoms with Crippen molar-refractivity contribution in [3.8, 4) is 0 Å². The van der Waals surface area contributed by atoms with Crippen molar-refractivity contribution in [3.05, 3.63) is 57.6 Å². The molecule has 0 atom stereocenters. The van der Waals surface area contributed by atoms with Gasteiger partial charge in [0.05, 0.1) is 0 Å². The molecule has 0 saturated carbocycles. The minimum absolute atomic E-state index is 1.36. The summed E-state index contributed by atoms with van der Waals surface area (Å²) in [6.45, 7) is 12.9. The van der Waals surface area contributed by atoms with Gasteiger partial charge in [0.2, 0.25) is 0 Å². The van der Waals surface area contributed by atoms with Gasteiger partial charge in [-0.15, -0.1) is 0 Å². The quantitative estimate of drug-likeness (QED) is 0.632. The third kappa shape index (κ3) is 4.88. The van der Waals surface area contributed by atoms with Gasteiger partial charge >= 0.3 is 143 Å². The van der Waals surface area contributed by atoms with Crippen molar-refractivity contribution in [2.45, 2.75) is 41.5 Å². The second-order valence-electron chi connectivity index (χ2n) is 6.05. The molecule has 0 nitrogen and oxygen atoms in total. The molecular formula is C18H22Li2. The number of benzene rings is 2. The van der Waals surface area contributed by atoms with E-state index in [0.29, 0.717) is 0 Å². The average molecular weight is 252 g/mol. The topological polar surface area (TPSA) is 0 Å². The van der Waals surface area contributed by atoms with E-state index in [9.17, 15) is 0 Å². The van der Waals surface area contributed by atoms with E-state index in [1.807, 2.05) is 0 Å². The molecule has 96 valence electrons. The van der Waals surface area contributed by atoms with Crippen molar-refractivity contribution in [2.75, 3.05) is 0 Å². The molecule has 0 aromatic heterocycles. The summed E-state index contributed by atoms with van der Waals surface area (Å²) in [5, 5.41) is 0. The number of hydrogen-bond donors (Lipinski definition) is 0. The van der Waals surface area contributed by atoms with Crippen LogP contribution in [0.4, 0.5) is 0 Å². The van der Waals surface area contributed by atoms with E-state index in [4.69, 9.17) is 0 Å². The molecule has 2 aromatic rings. The van der Waals surface area contributed by atoms with Crippen molar-refractivity contribution in [2.24, 2.45) is 0 Å². The van der Waals surface area contributed by atoms with Gasteiger partial charge in [0.1, 0.15) is 0 Å². The summed E-state index contributed by atoms with van der Waals surface area (Å²) in [7, 11) is 0. The maximum absolute atomic E-state index is 2.22. The van der Waals surface area contributed by atoms with Crippen molar-refractivity contribution in [1.29, 1.82) is 0 Å². The predicted molar refractivity (Wildman–Crippen MR) is 92.1 cm³/mol. The molecule has 2 aromatic carbocycles. The van der Waals surface area contributed by atoms with E-state index in [2.05, 4.69) is 101 Å². The molecular weight excluding hydrogens is 230 g/mol. The van der Waals surface area contributed by atoms with Crippen LogP contribution in [0.1, 0.15) is 33.4 Å². The fraction of sp³-hybridized carbons (Fsp3) is 0.333. The van der Waals surface area contributed by atoms with E-state index >= 15 is 0 Å². The number of aryl methyl sites for hydroxylation is 6. The molecule has 0 N–H and O–H groups in total. The van der Waals surface area contributed by atoms with Gasteiger partial charge in [0.25, 0.3) is 0 Å². The van der Waals surface area contributed by atoms with Crippen molar-refractivity contribution in [3.63, 3.8) is 0 Å². The molecule has 0 unspecified atom stereocenters. The molecule has 0 aliphatic rings. The van der Waals surface area contributed by atoms with Gasteiger partial charge in [0.15, 0.2) is 0 Å². The van der Waals surface area contributed by atoms with Crippen LogP contribution in [0.3, 0.4) is 0 Å². The fourth-order valence-electron chi connectivity index (χ4n) is 2.50. The Hall–Kier alpha value is -0.365. The van der Waals surface area contributed by atoms with E-state index in [1.54, 1.807) is 0 Å². The summed E-state index contributed by atoms with van der Waals surface area (Å²) in [6.07, 6.45) is 0. The van der Waals surface area contributed by atoms with Crippen molar-refractivity contribution >= 4 is 43.9 Å². The molecule has 0 aliphatic carbocycles. The van der Waals surface area contributed by atoms with Gasteiger partial charge in [-0.1, -0.05) is 0 Å². The van der Waals surface area contributed by atoms with Gasteiger partial charge in [-0.05, 0) is 0 Å². The van der Waals surface area contributed by atoms with Gasteiger partial charge in [-0.3, -0.25) is 0 Å². The molecule has 0 saturated heterocycles. The third-order valence-corrected chi connectivity index (χ3v) is 4.14. The summed E-state index contributed by atoms with van der Waals surface area (Å²) in [4.78, 5) is 0. The van der Waals surface area contributed by atoms with Crippen LogP contribution in [-0.4, -0.2) is 35.4 Å². The SMILES string of the molecule is [Li][c]1c(C)cc(C)cc1C.[Li][c]1c(C)cc(C)cc1C. The Morgan fingerprint density at radius 1 is 0.500 bits per heavy atom. The zero-order valence-electron chi connectivity index (χ0n) is 14.3. The van der Waals surface area contributed by atoms with Crippen LogP contribution in [0.15, 0.2) is 24.3 Å². The zero-order chi connectivity index (χ0) is 15.4. The third-order valence-electron chi connectivity index (χ3n) is 4.14. The Morgan fingerprint density at radius 3 is 0.900 bits per heavy atom. The second-order valence-corrected chi connectivity index (χ2v) is 6.05. The molecule has 0 bridgehead atoms. The van der Waals surface area contributed by atoms with Crippen LogP contribution < -0.4 is 8.47 Å². The van der Waals surface area contributed by atoms with Crippen molar-refractivity contribution < 1.29 is 0 Å². The molecule has 0 aliphatic heterocycles. The van der Waals surface area contributed by atoms with E-state index in [-0.39, 0.29) is 0 Å². The average Bonchev–Trinajstić information content (AvgIpc) is 2.33. The molecule has 2 rings (SSSR count). The zero-order valence-corrected chi connectivity index (χ0v) is 14.3. The maximum atomic E-state index is 2.22. The summed E-state index contributed by atoms with van der Waals surface area (Å²) in [5.41, 5.74) is 8.33. The molecule has 0 fully saturated rings. The Bertz CT molecular complexity index is 511. The van der Waals surface area contributed by atoms with Crippen LogP contribution in [0, 0.1) is 41.5 Å². The van der Waals surface area contributed by atoms with Gasteiger partial charge < -0.3 is 0 Å². The summed E-state index contributed by atoms with van der Waals surface area (Å²) in [6, 6.07) is 8.90. The minimum atomic E-state index is 1.36. The number of rotatable bonds is 0. The standard InChI is InChI=1S/2C9H11.2Li/c2*1-7-4-8(2)6-9(3)5-7;;/h2*4-5H,1-3H3;;. The molecule has 0 amide bonds. The van der Waals surface area contributed by atoms with E-state index in [1.165, 1.54) is 41.9 Å². The Labute approximate surface area is 142 Å². The second kappa shape index (κ2) is 7.59. The van der Waals surface area contributed by atoms with E-state index < -0.39 is 0 Å². The van der Waals surface area contributed by atoms with Gasteiger partial charge in [0, 0.05) is 0 Å². The Balaban J connectivity index is 0.000000200. The van der Waals surface area contributed by atoms with Crippen LogP contribution >= 0.6 is 0 Å². The summed E-state index contributed by atoms with van der Waals surface area (Å²) in [5.74, 6) is 0.